The highest BCUT2D eigenvalue weighted by Crippen LogP contribution is 2.31. The van der Waals surface area contributed by atoms with Gasteiger partial charge < -0.3 is 9.64 Å². The molecule has 0 atom stereocenters. The summed E-state index contributed by atoms with van der Waals surface area (Å²) in [5, 5.41) is 0. The van der Waals surface area contributed by atoms with Crippen LogP contribution < -0.4 is 11.2 Å². The minimum absolute atomic E-state index is 0.0786. The number of carbonyl (C=O) groups excluding carboxylic acids is 1. The minimum Gasteiger partial charge on any atom is -0.381 e. The molecule has 1 amide bonds. The van der Waals surface area contributed by atoms with Crippen molar-refractivity contribution >= 4 is 5.91 Å². The van der Waals surface area contributed by atoms with Gasteiger partial charge in [-0.3, -0.25) is 23.6 Å². The Hall–Kier alpha value is -1.93. The second-order valence-corrected chi connectivity index (χ2v) is 6.75. The first-order chi connectivity index (χ1) is 11.4. The van der Waals surface area contributed by atoms with Crippen LogP contribution in [0.15, 0.2) is 15.7 Å². The Morgan fingerprint density at radius 2 is 1.75 bits per heavy atom. The van der Waals surface area contributed by atoms with Crippen LogP contribution in [0.25, 0.3) is 0 Å². The summed E-state index contributed by atoms with van der Waals surface area (Å²) in [6, 6.07) is 1.25. The molecular formula is C16H24N4O4. The molecule has 0 saturated carbocycles. The van der Waals surface area contributed by atoms with E-state index in [9.17, 15) is 14.4 Å². The van der Waals surface area contributed by atoms with E-state index in [2.05, 4.69) is 11.9 Å². The van der Waals surface area contributed by atoms with E-state index in [1.165, 1.54) is 24.7 Å². The highest BCUT2D eigenvalue weighted by molar-refractivity contribution is 5.92. The highest BCUT2D eigenvalue weighted by Gasteiger charge is 2.42. The molecule has 0 bridgehead atoms. The number of likely N-dealkylation sites (N-methyl/N-ethyl adjacent to an activating group) is 1. The second kappa shape index (κ2) is 6.18. The zero-order valence-electron chi connectivity index (χ0n) is 14.4. The molecule has 2 saturated heterocycles. The molecule has 24 heavy (non-hydrogen) atoms. The molecule has 2 fully saturated rings. The average Bonchev–Trinajstić information content (AvgIpc) is 2.59. The molecule has 0 radical (unpaired) electrons. The van der Waals surface area contributed by atoms with Crippen molar-refractivity contribution in [2.24, 2.45) is 14.1 Å². The summed E-state index contributed by atoms with van der Waals surface area (Å²) >= 11 is 0. The molecule has 0 unspecified atom stereocenters. The zero-order valence-corrected chi connectivity index (χ0v) is 14.4. The van der Waals surface area contributed by atoms with Crippen LogP contribution in [-0.4, -0.2) is 70.3 Å². The molecule has 2 aliphatic rings. The smallest absolute Gasteiger partial charge is 0.331 e. The monoisotopic (exact) mass is 336 g/mol. The first kappa shape index (κ1) is 16.9. The molecule has 1 aromatic heterocycles. The van der Waals surface area contributed by atoms with Crippen molar-refractivity contribution in [2.45, 2.75) is 18.4 Å². The van der Waals surface area contributed by atoms with Crippen molar-refractivity contribution in [1.29, 1.82) is 0 Å². The molecule has 3 heterocycles. The lowest BCUT2D eigenvalue weighted by atomic mass is 9.86. The number of ether oxygens (including phenoxy) is 1. The van der Waals surface area contributed by atoms with Gasteiger partial charge in [-0.1, -0.05) is 0 Å². The maximum absolute atomic E-state index is 12.9. The molecule has 8 heteroatoms. The topological polar surface area (TPSA) is 76.8 Å². The largest absolute Gasteiger partial charge is 0.381 e. The van der Waals surface area contributed by atoms with E-state index in [0.29, 0.717) is 26.3 Å². The van der Waals surface area contributed by atoms with Crippen LogP contribution >= 0.6 is 0 Å². The Labute approximate surface area is 140 Å². The van der Waals surface area contributed by atoms with Crippen molar-refractivity contribution in [3.63, 3.8) is 0 Å². The maximum Gasteiger partial charge on any atom is 0.331 e. The lowest BCUT2D eigenvalue weighted by Crippen LogP contribution is -2.64. The number of rotatable bonds is 1. The predicted molar refractivity (Wildman–Crippen MR) is 88.2 cm³/mol. The molecule has 1 aromatic rings. The lowest BCUT2D eigenvalue weighted by Gasteiger charge is -2.51. The van der Waals surface area contributed by atoms with Gasteiger partial charge in [-0.2, -0.15) is 0 Å². The Bertz CT molecular complexity index is 760. The van der Waals surface area contributed by atoms with Crippen molar-refractivity contribution < 1.29 is 9.53 Å². The standard InChI is InChI=1S/C16H24N4O4/c1-17-6-7-20(11-16(17)4-8-24-9-5-16)14(22)12-10-13(21)19(3)15(23)18(12)2/h10H,4-9,11H2,1-3H3. The molecule has 8 nitrogen and oxygen atoms in total. The quantitative estimate of drug-likeness (QED) is 0.659. The number of carbonyl (C=O) groups is 1. The molecular weight excluding hydrogens is 312 g/mol. The second-order valence-electron chi connectivity index (χ2n) is 6.75. The van der Waals surface area contributed by atoms with Crippen LogP contribution in [0.4, 0.5) is 0 Å². The number of nitrogens with zero attached hydrogens (tertiary/aromatic N) is 4. The molecule has 0 N–H and O–H groups in total. The Balaban J connectivity index is 1.91. The van der Waals surface area contributed by atoms with Crippen molar-refractivity contribution in [3.8, 4) is 0 Å². The molecule has 2 aliphatic heterocycles. The summed E-state index contributed by atoms with van der Waals surface area (Å²) in [6.07, 6.45) is 1.76. The number of piperazine rings is 1. The van der Waals surface area contributed by atoms with Crippen LogP contribution in [-0.2, 0) is 18.8 Å². The summed E-state index contributed by atoms with van der Waals surface area (Å²) in [5.41, 5.74) is -0.878. The van der Waals surface area contributed by atoms with Gasteiger partial charge in [0.05, 0.1) is 0 Å². The third-order valence-electron chi connectivity index (χ3n) is 5.46. The van der Waals surface area contributed by atoms with Gasteiger partial charge in [0.1, 0.15) is 5.69 Å². The van der Waals surface area contributed by atoms with Crippen molar-refractivity contribution in [2.75, 3.05) is 39.9 Å². The molecule has 0 aromatic carbocycles. The van der Waals surface area contributed by atoms with Gasteiger partial charge in [-0.25, -0.2) is 4.79 Å². The van der Waals surface area contributed by atoms with Gasteiger partial charge in [0.15, 0.2) is 0 Å². The van der Waals surface area contributed by atoms with E-state index >= 15 is 0 Å². The molecule has 132 valence electrons. The summed E-state index contributed by atoms with van der Waals surface area (Å²) < 4.78 is 7.72. The van der Waals surface area contributed by atoms with Gasteiger partial charge in [-0.05, 0) is 19.9 Å². The zero-order chi connectivity index (χ0) is 17.5. The van der Waals surface area contributed by atoms with Gasteiger partial charge in [0, 0.05) is 58.5 Å². The first-order valence-electron chi connectivity index (χ1n) is 8.21. The maximum atomic E-state index is 12.9. The summed E-state index contributed by atoms with van der Waals surface area (Å²) in [7, 11) is 5.02. The molecule has 3 rings (SSSR count). The van der Waals surface area contributed by atoms with Gasteiger partial charge in [0.25, 0.3) is 11.5 Å². The first-order valence-corrected chi connectivity index (χ1v) is 8.21. The van der Waals surface area contributed by atoms with Crippen LogP contribution in [0.3, 0.4) is 0 Å². The normalized spacial score (nSPS) is 21.2. The third kappa shape index (κ3) is 2.69. The van der Waals surface area contributed by atoms with Crippen molar-refractivity contribution in [1.82, 2.24) is 18.9 Å². The minimum atomic E-state index is -0.485. The van der Waals surface area contributed by atoms with Gasteiger partial charge >= 0.3 is 5.69 Å². The van der Waals surface area contributed by atoms with Crippen LogP contribution in [0.1, 0.15) is 23.3 Å². The van der Waals surface area contributed by atoms with E-state index in [0.717, 1.165) is 24.0 Å². The van der Waals surface area contributed by atoms with Gasteiger partial charge in [-0.15, -0.1) is 0 Å². The SMILES string of the molecule is CN1CCN(C(=O)c2cc(=O)n(C)c(=O)n2C)CC12CCOCC2. The fraction of sp³-hybridized carbons (Fsp3) is 0.688. The Morgan fingerprint density at radius 3 is 2.42 bits per heavy atom. The summed E-state index contributed by atoms with van der Waals surface area (Å²) in [4.78, 5) is 41.0. The Kier molecular flexibility index (Phi) is 4.35. The number of amides is 1. The fourth-order valence-electron chi connectivity index (χ4n) is 3.63. The predicted octanol–water partition coefficient (Wildman–Crippen LogP) is -0.979. The molecule has 1 spiro atoms. The summed E-state index contributed by atoms with van der Waals surface area (Å²) in [5.74, 6) is -0.258. The van der Waals surface area contributed by atoms with E-state index in [1.54, 1.807) is 4.90 Å². The van der Waals surface area contributed by atoms with Crippen LogP contribution in [0.5, 0.6) is 0 Å². The number of aromatic nitrogens is 2. The number of hydrogen-bond acceptors (Lipinski definition) is 5. The molecule has 0 aliphatic carbocycles. The van der Waals surface area contributed by atoms with E-state index in [4.69, 9.17) is 4.74 Å². The van der Waals surface area contributed by atoms with E-state index in [1.807, 2.05) is 0 Å². The third-order valence-corrected chi connectivity index (χ3v) is 5.46. The average molecular weight is 336 g/mol. The fourth-order valence-corrected chi connectivity index (χ4v) is 3.63. The summed E-state index contributed by atoms with van der Waals surface area (Å²) in [6.45, 7) is 3.33. The Morgan fingerprint density at radius 1 is 1.08 bits per heavy atom. The lowest BCUT2D eigenvalue weighted by molar-refractivity contribution is -0.0545. The highest BCUT2D eigenvalue weighted by atomic mass is 16.5. The van der Waals surface area contributed by atoms with Crippen LogP contribution in [0, 0.1) is 0 Å². The van der Waals surface area contributed by atoms with Crippen LogP contribution in [0.2, 0.25) is 0 Å². The number of hydrogen-bond donors (Lipinski definition) is 0. The van der Waals surface area contributed by atoms with Gasteiger partial charge in [0.2, 0.25) is 0 Å². The van der Waals surface area contributed by atoms with E-state index < -0.39 is 11.2 Å². The van der Waals surface area contributed by atoms with E-state index in [-0.39, 0.29) is 17.1 Å². The van der Waals surface area contributed by atoms with Crippen molar-refractivity contribution in [3.05, 3.63) is 32.6 Å².